The molecule has 1 amide bonds. The lowest BCUT2D eigenvalue weighted by molar-refractivity contribution is -0.128. The molecule has 1 aliphatic rings. The average molecular weight is 414 g/mol. The van der Waals surface area contributed by atoms with Crippen LogP contribution in [0, 0.1) is 0 Å². The highest BCUT2D eigenvalue weighted by atomic mass is 79.9. The molecule has 3 rings (SSSR count). The number of methoxy groups -OCH3 is 2. The lowest BCUT2D eigenvalue weighted by Crippen LogP contribution is -2.27. The van der Waals surface area contributed by atoms with Gasteiger partial charge < -0.3 is 14.4 Å². The van der Waals surface area contributed by atoms with E-state index in [1.165, 1.54) is 4.88 Å². The van der Waals surface area contributed by atoms with E-state index in [1.54, 1.807) is 37.3 Å². The Hall–Kier alpha value is -1.18. The van der Waals surface area contributed by atoms with Crippen molar-refractivity contribution >= 4 is 44.9 Å². The number of amides is 1. The zero-order valence-electron chi connectivity index (χ0n) is 12.7. The van der Waals surface area contributed by atoms with Crippen molar-refractivity contribution in [1.82, 2.24) is 4.90 Å². The van der Waals surface area contributed by atoms with Crippen molar-refractivity contribution in [2.75, 3.05) is 20.0 Å². The van der Waals surface area contributed by atoms with Crippen molar-refractivity contribution in [3.8, 4) is 11.5 Å². The topological polar surface area (TPSA) is 38.8 Å². The molecule has 0 saturated carbocycles. The number of benzene rings is 1. The summed E-state index contributed by atoms with van der Waals surface area (Å²) in [5.74, 6) is 2.17. The van der Waals surface area contributed by atoms with Gasteiger partial charge in [-0.1, -0.05) is 0 Å². The highest BCUT2D eigenvalue weighted by molar-refractivity contribution is 9.10. The summed E-state index contributed by atoms with van der Waals surface area (Å²) in [5, 5.41) is 2.07. The number of hydrogen-bond acceptors (Lipinski definition) is 5. The third-order valence-corrected chi connectivity index (χ3v) is 6.96. The molecule has 1 fully saturated rings. The van der Waals surface area contributed by atoms with Crippen LogP contribution in [0.3, 0.4) is 0 Å². The van der Waals surface area contributed by atoms with Crippen LogP contribution in [0.5, 0.6) is 11.5 Å². The molecule has 1 aromatic carbocycles. The number of ether oxygens (including phenoxy) is 2. The quantitative estimate of drug-likeness (QED) is 0.731. The molecular weight excluding hydrogens is 398 g/mol. The van der Waals surface area contributed by atoms with E-state index in [9.17, 15) is 4.79 Å². The smallest absolute Gasteiger partial charge is 0.234 e. The second-order valence-corrected chi connectivity index (χ2v) is 7.87. The molecule has 0 aliphatic carbocycles. The van der Waals surface area contributed by atoms with Crippen molar-refractivity contribution in [3.63, 3.8) is 0 Å². The molecule has 0 radical (unpaired) electrons. The molecule has 4 nitrogen and oxygen atoms in total. The Morgan fingerprint density at radius 2 is 2.13 bits per heavy atom. The lowest BCUT2D eigenvalue weighted by Gasteiger charge is -2.24. The van der Waals surface area contributed by atoms with Crippen LogP contribution in [0.15, 0.2) is 34.1 Å². The maximum atomic E-state index is 12.4. The van der Waals surface area contributed by atoms with Crippen molar-refractivity contribution in [3.05, 3.63) is 44.6 Å². The summed E-state index contributed by atoms with van der Waals surface area (Å²) in [6.45, 7) is 0.501. The summed E-state index contributed by atoms with van der Waals surface area (Å²) in [6, 6.07) is 7.68. The van der Waals surface area contributed by atoms with E-state index in [1.807, 2.05) is 34.5 Å². The van der Waals surface area contributed by atoms with Gasteiger partial charge in [-0.05, 0) is 45.6 Å². The third kappa shape index (κ3) is 3.36. The molecular formula is C16H16BrNO3S2. The summed E-state index contributed by atoms with van der Waals surface area (Å²) in [7, 11) is 3.27. The van der Waals surface area contributed by atoms with Crippen LogP contribution in [0.2, 0.25) is 0 Å². The summed E-state index contributed by atoms with van der Waals surface area (Å²) in [6.07, 6.45) is 0. The zero-order chi connectivity index (χ0) is 16.4. The Kier molecular flexibility index (Phi) is 5.18. The molecule has 1 aliphatic heterocycles. The van der Waals surface area contributed by atoms with Crippen LogP contribution in [-0.4, -0.2) is 30.8 Å². The van der Waals surface area contributed by atoms with Crippen LogP contribution in [-0.2, 0) is 11.3 Å². The molecule has 2 aromatic rings. The van der Waals surface area contributed by atoms with Crippen LogP contribution in [0.25, 0.3) is 0 Å². The maximum absolute atomic E-state index is 12.4. The minimum absolute atomic E-state index is 0.0350. The van der Waals surface area contributed by atoms with E-state index in [0.29, 0.717) is 12.3 Å². The number of rotatable bonds is 5. The number of carbonyl (C=O) groups is 1. The molecule has 1 saturated heterocycles. The van der Waals surface area contributed by atoms with Gasteiger partial charge in [0, 0.05) is 10.0 Å². The lowest BCUT2D eigenvalue weighted by atomic mass is 10.1. The summed E-state index contributed by atoms with van der Waals surface area (Å²) < 4.78 is 11.8. The maximum Gasteiger partial charge on any atom is 0.234 e. The number of thioether (sulfide) groups is 1. The van der Waals surface area contributed by atoms with Crippen molar-refractivity contribution in [2.45, 2.75) is 11.9 Å². The first kappa shape index (κ1) is 16.7. The number of hydrogen-bond donors (Lipinski definition) is 0. The van der Waals surface area contributed by atoms with E-state index in [-0.39, 0.29) is 11.3 Å². The molecule has 1 atom stereocenters. The Labute approximate surface area is 151 Å². The highest BCUT2D eigenvalue weighted by Crippen LogP contribution is 2.45. The fourth-order valence-electron chi connectivity index (χ4n) is 2.51. The molecule has 0 spiro atoms. The number of nitrogens with zero attached hydrogens (tertiary/aromatic N) is 1. The SMILES string of the molecule is COc1ccc(OC)c(CN2C(=O)CSC2c2sccc2Br)c1. The molecule has 23 heavy (non-hydrogen) atoms. The van der Waals surface area contributed by atoms with Crippen molar-refractivity contribution in [2.24, 2.45) is 0 Å². The number of carbonyl (C=O) groups excluding carboxylic acids is 1. The Morgan fingerprint density at radius 1 is 1.30 bits per heavy atom. The Balaban J connectivity index is 1.91. The van der Waals surface area contributed by atoms with E-state index in [4.69, 9.17) is 9.47 Å². The van der Waals surface area contributed by atoms with Crippen LogP contribution >= 0.6 is 39.0 Å². The van der Waals surface area contributed by atoms with E-state index in [2.05, 4.69) is 15.9 Å². The first-order valence-electron chi connectivity index (χ1n) is 6.99. The molecule has 1 unspecified atom stereocenters. The summed E-state index contributed by atoms with van der Waals surface area (Å²) in [5.41, 5.74) is 0.945. The monoisotopic (exact) mass is 413 g/mol. The average Bonchev–Trinajstić information content (AvgIpc) is 3.13. The van der Waals surface area contributed by atoms with Gasteiger partial charge in [-0.2, -0.15) is 0 Å². The normalized spacial score (nSPS) is 17.6. The van der Waals surface area contributed by atoms with Gasteiger partial charge in [0.2, 0.25) is 5.91 Å². The fourth-order valence-corrected chi connectivity index (χ4v) is 5.73. The summed E-state index contributed by atoms with van der Waals surface area (Å²) in [4.78, 5) is 15.4. The van der Waals surface area contributed by atoms with Gasteiger partial charge in [0.05, 0.1) is 31.4 Å². The van der Waals surface area contributed by atoms with Gasteiger partial charge in [0.25, 0.3) is 0 Å². The minimum Gasteiger partial charge on any atom is -0.497 e. The minimum atomic E-state index is 0.0350. The fraction of sp³-hybridized carbons (Fsp3) is 0.312. The number of halogens is 1. The van der Waals surface area contributed by atoms with E-state index >= 15 is 0 Å². The van der Waals surface area contributed by atoms with E-state index in [0.717, 1.165) is 21.5 Å². The van der Waals surface area contributed by atoms with Gasteiger partial charge in [-0.25, -0.2) is 0 Å². The first-order valence-corrected chi connectivity index (χ1v) is 9.71. The Morgan fingerprint density at radius 3 is 2.78 bits per heavy atom. The predicted octanol–water partition coefficient (Wildman–Crippen LogP) is 4.30. The number of thiophene rings is 1. The molecule has 122 valence electrons. The van der Waals surface area contributed by atoms with Gasteiger partial charge in [0.15, 0.2) is 0 Å². The van der Waals surface area contributed by atoms with Gasteiger partial charge in [-0.15, -0.1) is 23.1 Å². The van der Waals surface area contributed by atoms with Gasteiger partial charge in [-0.3, -0.25) is 4.79 Å². The first-order chi connectivity index (χ1) is 11.1. The zero-order valence-corrected chi connectivity index (χ0v) is 16.0. The van der Waals surface area contributed by atoms with Gasteiger partial charge >= 0.3 is 0 Å². The standard InChI is InChI=1S/C16H16BrNO3S2/c1-20-11-3-4-13(21-2)10(7-11)8-18-14(19)9-23-16(18)15-12(17)5-6-22-15/h3-7,16H,8-9H2,1-2H3. The summed E-state index contributed by atoms with van der Waals surface area (Å²) >= 11 is 6.90. The van der Waals surface area contributed by atoms with Gasteiger partial charge in [0.1, 0.15) is 16.9 Å². The molecule has 0 N–H and O–H groups in total. The predicted molar refractivity (Wildman–Crippen MR) is 97.3 cm³/mol. The van der Waals surface area contributed by atoms with Crippen molar-refractivity contribution in [1.29, 1.82) is 0 Å². The van der Waals surface area contributed by atoms with Crippen molar-refractivity contribution < 1.29 is 14.3 Å². The van der Waals surface area contributed by atoms with Crippen LogP contribution in [0.4, 0.5) is 0 Å². The Bertz CT molecular complexity index is 719. The second kappa shape index (κ2) is 7.15. The van der Waals surface area contributed by atoms with Crippen LogP contribution in [0.1, 0.15) is 15.8 Å². The highest BCUT2D eigenvalue weighted by Gasteiger charge is 2.35. The molecule has 0 bridgehead atoms. The van der Waals surface area contributed by atoms with E-state index < -0.39 is 0 Å². The second-order valence-electron chi connectivity index (χ2n) is 5.00. The largest absolute Gasteiger partial charge is 0.497 e. The molecule has 1 aromatic heterocycles. The molecule has 7 heteroatoms. The molecule has 2 heterocycles. The third-order valence-electron chi connectivity index (χ3n) is 3.67. The van der Waals surface area contributed by atoms with Crippen LogP contribution < -0.4 is 9.47 Å².